The Labute approximate surface area is 249 Å². The smallest absolute Gasteiger partial charge is 0.124 e. The van der Waals surface area contributed by atoms with Crippen LogP contribution in [0.5, 0.6) is 0 Å². The SMILES string of the molecule is CC.CN([11CH3])c1ccc(-c2nc3ccc(CO)cc3s2)cc1.CNc1ccc(-c2nc3ccc(CO)cc3s2)cc1. The van der Waals surface area contributed by atoms with Crippen LogP contribution < -0.4 is 10.2 Å². The van der Waals surface area contributed by atoms with Crippen LogP contribution >= 0.6 is 22.7 Å². The maximum atomic E-state index is 9.18. The first-order chi connectivity index (χ1) is 20.0. The van der Waals surface area contributed by atoms with E-state index in [1.54, 1.807) is 22.7 Å². The first-order valence-electron chi connectivity index (χ1n) is 13.5. The topological polar surface area (TPSA) is 81.5 Å². The van der Waals surface area contributed by atoms with E-state index in [-0.39, 0.29) is 13.2 Å². The lowest BCUT2D eigenvalue weighted by Gasteiger charge is -2.11. The van der Waals surface area contributed by atoms with Gasteiger partial charge in [0.25, 0.3) is 0 Å². The van der Waals surface area contributed by atoms with Gasteiger partial charge in [-0.2, -0.15) is 0 Å². The number of fused-ring (bicyclic) bond motifs is 2. The molecule has 0 saturated carbocycles. The molecule has 6 nitrogen and oxygen atoms in total. The molecule has 6 rings (SSSR count). The van der Waals surface area contributed by atoms with E-state index < -0.39 is 0 Å². The van der Waals surface area contributed by atoms with Crippen LogP contribution in [0.25, 0.3) is 41.6 Å². The minimum atomic E-state index is 0.0695. The molecule has 212 valence electrons. The number of rotatable bonds is 6. The summed E-state index contributed by atoms with van der Waals surface area (Å²) in [5.41, 5.74) is 8.33. The number of aromatic nitrogens is 2. The van der Waals surface area contributed by atoms with Crippen LogP contribution in [0.1, 0.15) is 25.0 Å². The van der Waals surface area contributed by atoms with Gasteiger partial charge in [-0.05, 0) is 83.9 Å². The fourth-order valence-corrected chi connectivity index (χ4v) is 6.13. The summed E-state index contributed by atoms with van der Waals surface area (Å²) in [4.78, 5) is 11.4. The van der Waals surface area contributed by atoms with Crippen molar-refractivity contribution in [2.75, 3.05) is 31.4 Å². The summed E-state index contributed by atoms with van der Waals surface area (Å²) in [5, 5.41) is 23.5. The number of benzene rings is 4. The first kappa shape index (κ1) is 30.1. The number of aliphatic hydroxyl groups is 2. The molecule has 0 unspecified atom stereocenters. The van der Waals surface area contributed by atoms with Gasteiger partial charge in [0.15, 0.2) is 0 Å². The van der Waals surface area contributed by atoms with Gasteiger partial charge in [0, 0.05) is 43.6 Å². The second-order valence-electron chi connectivity index (χ2n) is 9.23. The highest BCUT2D eigenvalue weighted by Crippen LogP contribution is 2.32. The van der Waals surface area contributed by atoms with E-state index in [1.807, 2.05) is 83.5 Å². The zero-order valence-electron chi connectivity index (χ0n) is 24.0. The summed E-state index contributed by atoms with van der Waals surface area (Å²) in [6.45, 7) is 4.14. The molecule has 0 amide bonds. The first-order valence-corrected chi connectivity index (χ1v) is 15.2. The molecule has 0 aliphatic rings. The van der Waals surface area contributed by atoms with Gasteiger partial charge in [-0.1, -0.05) is 26.0 Å². The van der Waals surface area contributed by atoms with E-state index in [4.69, 9.17) is 5.11 Å². The predicted molar refractivity (Wildman–Crippen MR) is 177 cm³/mol. The molecule has 0 aliphatic heterocycles. The molecule has 6 aromatic rings. The lowest BCUT2D eigenvalue weighted by molar-refractivity contribution is 0.282. The van der Waals surface area contributed by atoms with Gasteiger partial charge >= 0.3 is 0 Å². The number of hydrogen-bond acceptors (Lipinski definition) is 8. The average molecular weight is 584 g/mol. The Morgan fingerprint density at radius 1 is 0.659 bits per heavy atom. The van der Waals surface area contributed by atoms with E-state index >= 15 is 0 Å². The van der Waals surface area contributed by atoms with Crippen LogP contribution in [0.15, 0.2) is 84.9 Å². The lowest BCUT2D eigenvalue weighted by atomic mass is 10.2. The number of nitrogens with zero attached hydrogens (tertiary/aromatic N) is 3. The molecule has 0 atom stereocenters. The molecule has 8 heteroatoms. The molecule has 4 aromatic carbocycles. The maximum absolute atomic E-state index is 9.18. The van der Waals surface area contributed by atoms with Crippen molar-refractivity contribution in [2.24, 2.45) is 0 Å². The molecule has 3 N–H and O–H groups in total. The Morgan fingerprint density at radius 2 is 1.10 bits per heavy atom. The van der Waals surface area contributed by atoms with E-state index in [9.17, 15) is 5.11 Å². The number of anilines is 2. The van der Waals surface area contributed by atoms with Crippen LogP contribution in [-0.4, -0.2) is 41.3 Å². The molecule has 2 heterocycles. The van der Waals surface area contributed by atoms with Gasteiger partial charge in [0.1, 0.15) is 10.0 Å². The molecular formula is C33H36N4O2S2. The van der Waals surface area contributed by atoms with Crippen molar-refractivity contribution in [1.82, 2.24) is 9.97 Å². The Bertz CT molecular complexity index is 1690. The van der Waals surface area contributed by atoms with Crippen LogP contribution in [0.3, 0.4) is 0 Å². The standard InChI is InChI=1S/C16H16N2OS.C15H14N2OS.C2H6/c1-18(2)13-6-4-12(5-7-13)16-17-14-8-3-11(10-19)9-15(14)20-16;1-16-12-5-3-11(4-6-12)15-17-13-7-2-10(9-18)8-14(13)19-15;1-2/h3-9,19H,10H2,1-2H3;2-8,16,18H,9H2,1H3;1-2H3/i1-1;;. The summed E-state index contributed by atoms with van der Waals surface area (Å²) in [6, 6.07) is 28.4. The van der Waals surface area contributed by atoms with Crippen molar-refractivity contribution in [3.63, 3.8) is 0 Å². The normalized spacial score (nSPS) is 10.5. The summed E-state index contributed by atoms with van der Waals surface area (Å²) < 4.78 is 2.22. The number of nitrogens with one attached hydrogen (secondary N) is 1. The Hall–Kier alpha value is -3.82. The molecular weight excluding hydrogens is 548 g/mol. The third-order valence-corrected chi connectivity index (χ3v) is 8.46. The van der Waals surface area contributed by atoms with E-state index in [0.29, 0.717) is 0 Å². The molecule has 0 fully saturated rings. The minimum Gasteiger partial charge on any atom is -0.392 e. The molecule has 2 aromatic heterocycles. The van der Waals surface area contributed by atoms with Gasteiger partial charge in [-0.25, -0.2) is 9.97 Å². The summed E-state index contributed by atoms with van der Waals surface area (Å²) in [5.74, 6) is 0. The van der Waals surface area contributed by atoms with E-state index in [0.717, 1.165) is 58.4 Å². The Morgan fingerprint density at radius 3 is 1.49 bits per heavy atom. The molecule has 0 saturated heterocycles. The fourth-order valence-electron chi connectivity index (χ4n) is 4.06. The van der Waals surface area contributed by atoms with E-state index in [2.05, 4.69) is 56.6 Å². The van der Waals surface area contributed by atoms with Crippen molar-refractivity contribution in [3.05, 3.63) is 96.1 Å². The average Bonchev–Trinajstić information content (AvgIpc) is 3.66. The number of thiazole rings is 2. The zero-order valence-corrected chi connectivity index (χ0v) is 25.7. The Kier molecular flexibility index (Phi) is 10.4. The summed E-state index contributed by atoms with van der Waals surface area (Å²) in [7, 11) is 5.97. The van der Waals surface area contributed by atoms with Crippen molar-refractivity contribution < 1.29 is 10.2 Å². The van der Waals surface area contributed by atoms with Crippen molar-refractivity contribution >= 4 is 54.5 Å². The van der Waals surface area contributed by atoms with Crippen molar-refractivity contribution in [1.29, 1.82) is 0 Å². The largest absolute Gasteiger partial charge is 0.392 e. The monoisotopic (exact) mass is 583 g/mol. The van der Waals surface area contributed by atoms with E-state index in [1.165, 1.54) is 5.69 Å². The fraction of sp³-hybridized carbons (Fsp3) is 0.212. The minimum absolute atomic E-state index is 0.0695. The van der Waals surface area contributed by atoms with Crippen LogP contribution in [0, 0.1) is 0 Å². The van der Waals surface area contributed by atoms with Crippen LogP contribution in [0.2, 0.25) is 0 Å². The lowest BCUT2D eigenvalue weighted by Crippen LogP contribution is -2.07. The number of hydrogen-bond donors (Lipinski definition) is 3. The third-order valence-electron chi connectivity index (χ3n) is 6.32. The van der Waals surface area contributed by atoms with Gasteiger partial charge < -0.3 is 20.4 Å². The van der Waals surface area contributed by atoms with Gasteiger partial charge in [-0.3, -0.25) is 0 Å². The molecule has 0 bridgehead atoms. The van der Waals surface area contributed by atoms with Gasteiger partial charge in [-0.15, -0.1) is 22.7 Å². The molecule has 0 aliphatic carbocycles. The molecule has 41 heavy (non-hydrogen) atoms. The maximum Gasteiger partial charge on any atom is 0.124 e. The summed E-state index contributed by atoms with van der Waals surface area (Å²) >= 11 is 3.31. The second-order valence-corrected chi connectivity index (χ2v) is 11.3. The highest BCUT2D eigenvalue weighted by molar-refractivity contribution is 7.22. The highest BCUT2D eigenvalue weighted by Gasteiger charge is 2.08. The van der Waals surface area contributed by atoms with Gasteiger partial charge in [0.2, 0.25) is 0 Å². The van der Waals surface area contributed by atoms with Crippen molar-refractivity contribution in [2.45, 2.75) is 27.1 Å². The second kappa shape index (κ2) is 14.2. The number of aliphatic hydroxyl groups excluding tert-OH is 2. The van der Waals surface area contributed by atoms with Crippen LogP contribution in [-0.2, 0) is 13.2 Å². The van der Waals surface area contributed by atoms with Gasteiger partial charge in [0.05, 0.1) is 33.6 Å². The summed E-state index contributed by atoms with van der Waals surface area (Å²) in [6.07, 6.45) is 0. The quantitative estimate of drug-likeness (QED) is 0.184. The van der Waals surface area contributed by atoms with Crippen molar-refractivity contribution in [3.8, 4) is 21.1 Å². The third kappa shape index (κ3) is 7.28. The highest BCUT2D eigenvalue weighted by atomic mass is 32.1. The van der Waals surface area contributed by atoms with Crippen LogP contribution in [0.4, 0.5) is 11.4 Å². The molecule has 0 radical (unpaired) electrons. The zero-order chi connectivity index (χ0) is 29.4. The molecule has 0 spiro atoms. The predicted octanol–water partition coefficient (Wildman–Crippen LogP) is 8.05. The Balaban J connectivity index is 0.000000178.